The molecule has 0 radical (unpaired) electrons. The second-order valence-corrected chi connectivity index (χ2v) is 6.89. The maximum atomic E-state index is 13.2. The number of benzene rings is 1. The van der Waals surface area contributed by atoms with E-state index in [1.165, 1.54) is 25.0 Å². The maximum Gasteiger partial charge on any atom is 0.282 e. The largest absolute Gasteiger partial charge is 0.282 e. The monoisotopic (exact) mass is 383 g/mol. The number of rotatable bonds is 6. The van der Waals surface area contributed by atoms with Crippen molar-refractivity contribution in [2.24, 2.45) is 13.0 Å². The molecule has 1 aliphatic rings. The van der Waals surface area contributed by atoms with Crippen LogP contribution < -0.4 is 0 Å². The van der Waals surface area contributed by atoms with Crippen molar-refractivity contribution in [3.05, 3.63) is 52.3 Å². The van der Waals surface area contributed by atoms with Crippen molar-refractivity contribution in [1.29, 1.82) is 0 Å². The maximum absolute atomic E-state index is 13.2. The molecule has 3 rings (SSSR count). The lowest BCUT2D eigenvalue weighted by atomic mass is 10.1. The van der Waals surface area contributed by atoms with Crippen molar-refractivity contribution < 1.29 is 18.4 Å². The van der Waals surface area contributed by atoms with Crippen LogP contribution in [0, 0.1) is 5.92 Å². The highest BCUT2D eigenvalue weighted by Crippen LogP contribution is 2.52. The van der Waals surface area contributed by atoms with Crippen LogP contribution in [0.2, 0.25) is 5.02 Å². The molecule has 1 aliphatic carbocycles. The van der Waals surface area contributed by atoms with Crippen LogP contribution in [0.5, 0.6) is 0 Å². The molecule has 1 saturated carbocycles. The SMILES string of the molecule is CON(C(=O)c1cn(C)nc1C(F)F)C(C)[C@@H]1C[C@H]1c1ccccc1Cl. The summed E-state index contributed by atoms with van der Waals surface area (Å²) in [6.07, 6.45) is -0.686. The van der Waals surface area contributed by atoms with Crippen LogP contribution in [0.15, 0.2) is 30.5 Å². The molecular weight excluding hydrogens is 364 g/mol. The zero-order chi connectivity index (χ0) is 19.0. The smallest absolute Gasteiger partial charge is 0.275 e. The van der Waals surface area contributed by atoms with Gasteiger partial charge in [0.25, 0.3) is 12.3 Å². The molecule has 0 aliphatic heterocycles. The van der Waals surface area contributed by atoms with Crippen molar-refractivity contribution in [3.8, 4) is 0 Å². The van der Waals surface area contributed by atoms with Crippen molar-refractivity contribution in [3.63, 3.8) is 0 Å². The second kappa shape index (κ2) is 7.32. The molecule has 1 aromatic carbocycles. The molecule has 3 atom stereocenters. The van der Waals surface area contributed by atoms with Crippen LogP contribution in [-0.4, -0.2) is 33.9 Å². The van der Waals surface area contributed by atoms with Crippen LogP contribution in [0.3, 0.4) is 0 Å². The standard InChI is InChI=1S/C18H20ClF2N3O2/c1-10(12-8-13(12)11-6-4-5-7-15(11)19)24(26-3)18(25)14-9-23(2)22-16(14)17(20)21/h4-7,9-10,12-13,17H,8H2,1-3H3/t10?,12-,13-/m0/s1. The summed E-state index contributed by atoms with van der Waals surface area (Å²) in [5, 5.41) is 5.53. The van der Waals surface area contributed by atoms with E-state index in [1.807, 2.05) is 31.2 Å². The van der Waals surface area contributed by atoms with Gasteiger partial charge < -0.3 is 0 Å². The van der Waals surface area contributed by atoms with Gasteiger partial charge in [0, 0.05) is 18.3 Å². The Bertz CT molecular complexity index is 811. The van der Waals surface area contributed by atoms with Gasteiger partial charge in [0.15, 0.2) is 0 Å². The molecule has 1 amide bonds. The van der Waals surface area contributed by atoms with E-state index in [2.05, 4.69) is 5.10 Å². The third-order valence-corrected chi connectivity index (χ3v) is 5.17. The number of hydrogen-bond acceptors (Lipinski definition) is 3. The molecule has 8 heteroatoms. The van der Waals surface area contributed by atoms with Crippen molar-refractivity contribution >= 4 is 17.5 Å². The number of aryl methyl sites for hydroxylation is 1. The number of hydrogen-bond donors (Lipinski definition) is 0. The quantitative estimate of drug-likeness (QED) is 0.702. The average Bonchev–Trinajstić information content (AvgIpc) is 3.29. The summed E-state index contributed by atoms with van der Waals surface area (Å²) in [5.74, 6) is -0.258. The lowest BCUT2D eigenvalue weighted by Crippen LogP contribution is -2.39. The number of halogens is 3. The molecule has 0 N–H and O–H groups in total. The van der Waals surface area contributed by atoms with E-state index >= 15 is 0 Å². The third kappa shape index (κ3) is 3.46. The molecule has 1 unspecified atom stereocenters. The minimum absolute atomic E-state index is 0.144. The van der Waals surface area contributed by atoms with Gasteiger partial charge in [-0.2, -0.15) is 5.10 Å². The number of hydroxylamine groups is 2. The first-order valence-electron chi connectivity index (χ1n) is 8.29. The zero-order valence-electron chi connectivity index (χ0n) is 14.7. The molecule has 26 heavy (non-hydrogen) atoms. The van der Waals surface area contributed by atoms with Crippen molar-refractivity contribution in [2.75, 3.05) is 7.11 Å². The minimum atomic E-state index is -2.83. The molecule has 5 nitrogen and oxygen atoms in total. The molecule has 1 heterocycles. The normalized spacial score (nSPS) is 20.3. The summed E-state index contributed by atoms with van der Waals surface area (Å²) < 4.78 is 27.5. The van der Waals surface area contributed by atoms with Gasteiger partial charge in [0.1, 0.15) is 5.69 Å². The number of nitrogens with zero attached hydrogens (tertiary/aromatic N) is 3. The summed E-state index contributed by atoms with van der Waals surface area (Å²) >= 11 is 6.25. The topological polar surface area (TPSA) is 47.4 Å². The first-order valence-corrected chi connectivity index (χ1v) is 8.66. The van der Waals surface area contributed by atoms with Gasteiger partial charge in [0.2, 0.25) is 0 Å². The summed E-state index contributed by atoms with van der Waals surface area (Å²) in [4.78, 5) is 18.0. The lowest BCUT2D eigenvalue weighted by Gasteiger charge is -2.27. The molecule has 1 fully saturated rings. The molecular formula is C18H20ClF2N3O2. The number of aromatic nitrogens is 2. The number of carbonyl (C=O) groups excluding carboxylic acids is 1. The highest BCUT2D eigenvalue weighted by molar-refractivity contribution is 6.31. The van der Waals surface area contributed by atoms with Crippen molar-refractivity contribution in [2.45, 2.75) is 31.7 Å². The van der Waals surface area contributed by atoms with Crippen LogP contribution in [0.25, 0.3) is 0 Å². The highest BCUT2D eigenvalue weighted by atomic mass is 35.5. The third-order valence-electron chi connectivity index (χ3n) is 4.83. The predicted molar refractivity (Wildman–Crippen MR) is 93.1 cm³/mol. The van der Waals surface area contributed by atoms with Gasteiger partial charge in [0.05, 0.1) is 18.7 Å². The Morgan fingerprint density at radius 1 is 1.42 bits per heavy atom. The van der Waals surface area contributed by atoms with E-state index in [9.17, 15) is 13.6 Å². The van der Waals surface area contributed by atoms with Crippen LogP contribution in [0.1, 0.15) is 47.3 Å². The summed E-state index contributed by atoms with van der Waals surface area (Å²) in [6, 6.07) is 7.30. The Labute approximate surface area is 155 Å². The first-order chi connectivity index (χ1) is 12.3. The fraction of sp³-hybridized carbons (Fsp3) is 0.444. The Kier molecular flexibility index (Phi) is 5.29. The van der Waals surface area contributed by atoms with Crippen molar-refractivity contribution in [1.82, 2.24) is 14.8 Å². The van der Waals surface area contributed by atoms with Crippen LogP contribution in [0.4, 0.5) is 8.78 Å². The molecule has 0 saturated heterocycles. The van der Waals surface area contributed by atoms with E-state index in [0.717, 1.165) is 17.0 Å². The van der Waals surface area contributed by atoms with E-state index in [4.69, 9.17) is 16.4 Å². The number of alkyl halides is 2. The molecule has 0 bridgehead atoms. The molecule has 2 aromatic rings. The number of amides is 1. The Morgan fingerprint density at radius 2 is 2.12 bits per heavy atom. The van der Waals surface area contributed by atoms with Crippen LogP contribution in [-0.2, 0) is 11.9 Å². The van der Waals surface area contributed by atoms with Gasteiger partial charge in [-0.25, -0.2) is 13.8 Å². The minimum Gasteiger partial charge on any atom is -0.275 e. The van der Waals surface area contributed by atoms with E-state index in [1.54, 1.807) is 0 Å². The lowest BCUT2D eigenvalue weighted by molar-refractivity contribution is -0.124. The Hall–Kier alpha value is -1.99. The van der Waals surface area contributed by atoms with Gasteiger partial charge in [-0.1, -0.05) is 29.8 Å². The van der Waals surface area contributed by atoms with Crippen LogP contribution >= 0.6 is 11.6 Å². The Balaban J connectivity index is 1.79. The number of carbonyl (C=O) groups is 1. The average molecular weight is 384 g/mol. The highest BCUT2D eigenvalue weighted by Gasteiger charge is 2.46. The van der Waals surface area contributed by atoms with E-state index in [-0.39, 0.29) is 23.4 Å². The molecule has 0 spiro atoms. The predicted octanol–water partition coefficient (Wildman–Crippen LogP) is 4.21. The van der Waals surface area contributed by atoms with E-state index in [0.29, 0.717) is 5.02 Å². The fourth-order valence-corrected chi connectivity index (χ4v) is 3.72. The summed E-state index contributed by atoms with van der Waals surface area (Å²) in [7, 11) is 2.86. The molecule has 1 aromatic heterocycles. The van der Waals surface area contributed by atoms with Gasteiger partial charge >= 0.3 is 0 Å². The zero-order valence-corrected chi connectivity index (χ0v) is 15.5. The summed E-state index contributed by atoms with van der Waals surface area (Å²) in [5.41, 5.74) is 0.348. The van der Waals surface area contributed by atoms with E-state index < -0.39 is 18.0 Å². The fourth-order valence-electron chi connectivity index (χ4n) is 3.44. The Morgan fingerprint density at radius 3 is 2.73 bits per heavy atom. The van der Waals surface area contributed by atoms with Gasteiger partial charge in [-0.05, 0) is 36.8 Å². The van der Waals surface area contributed by atoms with Gasteiger partial charge in [-0.3, -0.25) is 14.3 Å². The summed E-state index contributed by atoms with van der Waals surface area (Å²) in [6.45, 7) is 1.85. The molecule has 140 valence electrons. The van der Waals surface area contributed by atoms with Gasteiger partial charge in [-0.15, -0.1) is 0 Å². The second-order valence-electron chi connectivity index (χ2n) is 6.48. The first kappa shape index (κ1) is 18.8.